The van der Waals surface area contributed by atoms with Gasteiger partial charge in [0, 0.05) is 34.2 Å². The lowest BCUT2D eigenvalue weighted by atomic mass is 9.96. The van der Waals surface area contributed by atoms with Crippen molar-refractivity contribution in [1.82, 2.24) is 19.3 Å². The van der Waals surface area contributed by atoms with Gasteiger partial charge in [0.25, 0.3) is 11.2 Å². The second kappa shape index (κ2) is 14.7. The van der Waals surface area contributed by atoms with Gasteiger partial charge in [-0.2, -0.15) is 0 Å². The van der Waals surface area contributed by atoms with E-state index in [1.165, 1.54) is 28.5 Å². The van der Waals surface area contributed by atoms with E-state index >= 15 is 0 Å². The number of nitro benzene ring substituents is 1. The predicted molar refractivity (Wildman–Crippen MR) is 194 cm³/mol. The van der Waals surface area contributed by atoms with Gasteiger partial charge in [-0.1, -0.05) is 41.1 Å². The molecule has 1 atom stereocenters. The van der Waals surface area contributed by atoms with Gasteiger partial charge in [0.15, 0.2) is 15.8 Å². The number of nitro groups is 1. The third-order valence-corrected chi connectivity index (χ3v) is 10.7. The second-order valence-corrected chi connectivity index (χ2v) is 14.1. The average molecular weight is 796 g/mol. The molecule has 256 valence electrons. The van der Waals surface area contributed by atoms with Crippen LogP contribution in [0.1, 0.15) is 37.9 Å². The number of methoxy groups -OCH3 is 1. The first-order valence-electron chi connectivity index (χ1n) is 15.2. The lowest BCUT2D eigenvalue weighted by molar-refractivity contribution is -0.384. The Morgan fingerprint density at radius 3 is 2.64 bits per heavy atom. The van der Waals surface area contributed by atoms with Gasteiger partial charge >= 0.3 is 5.97 Å². The number of ether oxygens (including phenoxy) is 2. The number of esters is 1. The summed E-state index contributed by atoms with van der Waals surface area (Å²) in [6.07, 6.45) is 1.61. The summed E-state index contributed by atoms with van der Waals surface area (Å²) in [5, 5.41) is 21.8. The number of rotatable bonds is 10. The zero-order valence-corrected chi connectivity index (χ0v) is 31.0. The second-order valence-electron chi connectivity index (χ2n) is 10.8. The fourth-order valence-electron chi connectivity index (χ4n) is 5.54. The van der Waals surface area contributed by atoms with Crippen molar-refractivity contribution >= 4 is 68.4 Å². The maximum Gasteiger partial charge on any atom is 0.338 e. The van der Waals surface area contributed by atoms with Gasteiger partial charge in [0.2, 0.25) is 0 Å². The van der Waals surface area contributed by atoms with E-state index in [1.54, 1.807) is 63.4 Å². The first kappa shape index (κ1) is 35.3. The quantitative estimate of drug-likeness (QED) is 0.0873. The van der Waals surface area contributed by atoms with Crippen molar-refractivity contribution in [2.24, 2.45) is 4.99 Å². The molecule has 0 saturated carbocycles. The SMILES string of the molecule is CCOC(=O)C1=C(C)N=c2s/c(=C/c3cc([N+](=O)[O-])ccc3Sc3nnc(-c4cccc(Cl)c4)n3CC)c(=O)n2[C@@H]1c1ccc(OC)c(Br)c1. The van der Waals surface area contributed by atoms with Crippen LogP contribution >= 0.6 is 50.6 Å². The number of non-ortho nitro benzene ring substituents is 1. The molecule has 12 nitrogen and oxygen atoms in total. The number of halogens is 2. The van der Waals surface area contributed by atoms with Gasteiger partial charge in [-0.25, -0.2) is 9.79 Å². The number of benzene rings is 3. The average Bonchev–Trinajstić information content (AvgIpc) is 3.64. The largest absolute Gasteiger partial charge is 0.496 e. The summed E-state index contributed by atoms with van der Waals surface area (Å²) in [7, 11) is 1.54. The van der Waals surface area contributed by atoms with Crippen molar-refractivity contribution in [2.45, 2.75) is 43.4 Å². The van der Waals surface area contributed by atoms with Gasteiger partial charge in [-0.05, 0) is 96.0 Å². The highest BCUT2D eigenvalue weighted by atomic mass is 79.9. The molecule has 0 saturated heterocycles. The van der Waals surface area contributed by atoms with E-state index < -0.39 is 22.5 Å². The van der Waals surface area contributed by atoms with Crippen LogP contribution in [0.5, 0.6) is 5.75 Å². The molecule has 1 aliphatic heterocycles. The number of hydrogen-bond acceptors (Lipinski definition) is 11. The van der Waals surface area contributed by atoms with Crippen molar-refractivity contribution < 1.29 is 19.2 Å². The Bertz CT molecular complexity index is 2390. The maximum absolute atomic E-state index is 14.3. The molecule has 3 aromatic carbocycles. The standard InChI is InChI=1S/C34H28BrClN6O6S2/c1-5-40-30(20-8-7-9-22(36)14-20)38-39-34(40)49-26-13-11-23(42(45)46)15-21(26)17-27-31(43)41-29(19-10-12-25(47-4)24(35)16-19)28(32(44)48-6-2)18(3)37-33(41)50-27/h7-17,29H,5-6H2,1-4H3/b27-17+/t29-/m1/s1. The Morgan fingerprint density at radius 2 is 1.96 bits per heavy atom. The van der Waals surface area contributed by atoms with Crippen LogP contribution in [-0.2, 0) is 16.1 Å². The van der Waals surface area contributed by atoms with Gasteiger partial charge in [-0.3, -0.25) is 19.5 Å². The Hall–Kier alpha value is -4.57. The van der Waals surface area contributed by atoms with Crippen LogP contribution in [0.4, 0.5) is 5.69 Å². The van der Waals surface area contributed by atoms with Gasteiger partial charge < -0.3 is 14.0 Å². The summed E-state index contributed by atoms with van der Waals surface area (Å²) in [4.78, 5) is 44.6. The van der Waals surface area contributed by atoms with Crippen molar-refractivity contribution in [3.05, 3.63) is 122 Å². The fraction of sp³-hybridized carbons (Fsp3) is 0.206. The van der Waals surface area contributed by atoms with Crippen LogP contribution in [0.2, 0.25) is 5.02 Å². The van der Waals surface area contributed by atoms with Crippen LogP contribution in [0, 0.1) is 10.1 Å². The number of carbonyl (C=O) groups excluding carboxylic acids is 1. The number of nitrogens with zero attached hydrogens (tertiary/aromatic N) is 6. The van der Waals surface area contributed by atoms with Gasteiger partial charge in [0.1, 0.15) is 5.75 Å². The number of aromatic nitrogens is 4. The molecule has 50 heavy (non-hydrogen) atoms. The molecule has 5 aromatic rings. The highest BCUT2D eigenvalue weighted by Crippen LogP contribution is 2.36. The molecule has 6 rings (SSSR count). The van der Waals surface area contributed by atoms with Crippen molar-refractivity contribution in [1.29, 1.82) is 0 Å². The topological polar surface area (TPSA) is 144 Å². The van der Waals surface area contributed by atoms with Crippen LogP contribution in [0.3, 0.4) is 0 Å². The monoisotopic (exact) mass is 794 g/mol. The van der Waals surface area contributed by atoms with Crippen LogP contribution in [0.25, 0.3) is 17.5 Å². The van der Waals surface area contributed by atoms with Gasteiger partial charge in [0.05, 0.1) is 45.0 Å². The first-order valence-corrected chi connectivity index (χ1v) is 18.0. The van der Waals surface area contributed by atoms with E-state index in [2.05, 4.69) is 31.1 Å². The zero-order valence-electron chi connectivity index (χ0n) is 27.0. The van der Waals surface area contributed by atoms with E-state index in [-0.39, 0.29) is 22.4 Å². The number of thiazole rings is 1. The number of allylic oxidation sites excluding steroid dienone is 1. The van der Waals surface area contributed by atoms with E-state index in [9.17, 15) is 19.7 Å². The molecule has 0 bridgehead atoms. The summed E-state index contributed by atoms with van der Waals surface area (Å²) < 4.78 is 15.1. The van der Waals surface area contributed by atoms with Crippen LogP contribution < -0.4 is 19.6 Å². The molecule has 2 aromatic heterocycles. The minimum absolute atomic E-state index is 0.138. The number of carbonyl (C=O) groups is 1. The Kier molecular flexibility index (Phi) is 10.4. The molecule has 0 spiro atoms. The Balaban J connectivity index is 1.50. The van der Waals surface area contributed by atoms with Crippen molar-refractivity contribution in [3.8, 4) is 17.1 Å². The van der Waals surface area contributed by atoms with Crippen LogP contribution in [-0.4, -0.2) is 43.9 Å². The lowest BCUT2D eigenvalue weighted by Gasteiger charge is -2.25. The van der Waals surface area contributed by atoms with E-state index in [0.717, 1.165) is 16.9 Å². The normalized spacial score (nSPS) is 14.4. The Labute approximate surface area is 307 Å². The predicted octanol–water partition coefficient (Wildman–Crippen LogP) is 6.56. The molecule has 16 heteroatoms. The molecule has 0 radical (unpaired) electrons. The Morgan fingerprint density at radius 1 is 1.16 bits per heavy atom. The number of hydrogen-bond donors (Lipinski definition) is 0. The summed E-state index contributed by atoms with van der Waals surface area (Å²) in [6, 6.07) is 16.2. The third kappa shape index (κ3) is 6.77. The van der Waals surface area contributed by atoms with E-state index in [1.807, 2.05) is 23.6 Å². The minimum Gasteiger partial charge on any atom is -0.496 e. The molecule has 0 unspecified atom stereocenters. The summed E-state index contributed by atoms with van der Waals surface area (Å²) in [6.45, 7) is 6.05. The van der Waals surface area contributed by atoms with Crippen LogP contribution in [0.15, 0.2) is 96.2 Å². The van der Waals surface area contributed by atoms with Crippen molar-refractivity contribution in [3.63, 3.8) is 0 Å². The highest BCUT2D eigenvalue weighted by molar-refractivity contribution is 9.10. The molecule has 0 N–H and O–H groups in total. The lowest BCUT2D eigenvalue weighted by Crippen LogP contribution is -2.40. The third-order valence-electron chi connectivity index (χ3n) is 7.82. The molecule has 0 fully saturated rings. The highest BCUT2D eigenvalue weighted by Gasteiger charge is 2.34. The fourth-order valence-corrected chi connectivity index (χ4v) is 8.31. The molecule has 3 heterocycles. The summed E-state index contributed by atoms with van der Waals surface area (Å²) in [5.41, 5.74) is 1.91. The zero-order chi connectivity index (χ0) is 35.7. The smallest absolute Gasteiger partial charge is 0.338 e. The molecule has 1 aliphatic rings. The molecule has 0 amide bonds. The van der Waals surface area contributed by atoms with E-state index in [4.69, 9.17) is 21.1 Å². The minimum atomic E-state index is -0.860. The number of fused-ring (bicyclic) bond motifs is 1. The first-order chi connectivity index (χ1) is 24.0. The van der Waals surface area contributed by atoms with Gasteiger partial charge in [-0.15, -0.1) is 10.2 Å². The molecule has 0 aliphatic carbocycles. The maximum atomic E-state index is 14.3. The van der Waals surface area contributed by atoms with Crippen molar-refractivity contribution in [2.75, 3.05) is 13.7 Å². The summed E-state index contributed by atoms with van der Waals surface area (Å²) >= 11 is 12.1. The molecular formula is C34H28BrClN6O6S2. The summed E-state index contributed by atoms with van der Waals surface area (Å²) in [5.74, 6) is 0.607. The van der Waals surface area contributed by atoms with E-state index in [0.29, 0.717) is 59.3 Å². The molecular weight excluding hydrogens is 768 g/mol.